The molecular formula is C4H8Cl2N2O. The largest absolute Gasteiger partial charge is 0.366 e. The van der Waals surface area contributed by atoms with Crippen molar-refractivity contribution in [2.24, 2.45) is 0 Å². The average Bonchev–Trinajstić information content (AvgIpc) is 1.61. The Labute approximate surface area is 64.7 Å². The molecule has 0 spiro atoms. The van der Waals surface area contributed by atoms with Crippen LogP contribution in [-0.2, 0) is 4.79 Å². The first kappa shape index (κ1) is 11.5. The zero-order valence-corrected chi connectivity index (χ0v) is 6.47. The monoisotopic (exact) mass is 170 g/mol. The number of nitrogens with one attached hydrogen (secondary N) is 2. The highest BCUT2D eigenvalue weighted by molar-refractivity contribution is 6.64. The standard InChI is InChI=1S/C4H7ClN2O.ClH/c1-3(6)7-2-4(5)8;/h2H2,1H3,(H2,6,7);1H. The fraction of sp³-hybridized carbons (Fsp3) is 0.500. The number of carbonyl (C=O) groups excluding carboxylic acids is 1. The first-order chi connectivity index (χ1) is 3.63. The van der Waals surface area contributed by atoms with E-state index in [9.17, 15) is 4.79 Å². The summed E-state index contributed by atoms with van der Waals surface area (Å²) >= 11 is 4.92. The van der Waals surface area contributed by atoms with Gasteiger partial charge in [0.15, 0.2) is 0 Å². The minimum absolute atomic E-state index is 0. The number of carbonyl (C=O) groups is 1. The van der Waals surface area contributed by atoms with Crippen LogP contribution in [0.1, 0.15) is 6.92 Å². The number of hydrogen-bond donors (Lipinski definition) is 2. The Morgan fingerprint density at radius 1 is 1.78 bits per heavy atom. The Morgan fingerprint density at radius 3 is 2.33 bits per heavy atom. The first-order valence-corrected chi connectivity index (χ1v) is 2.48. The van der Waals surface area contributed by atoms with Crippen LogP contribution in [0.2, 0.25) is 0 Å². The maximum Gasteiger partial charge on any atom is 0.240 e. The molecule has 0 unspecified atom stereocenters. The van der Waals surface area contributed by atoms with Gasteiger partial charge in [0.2, 0.25) is 5.24 Å². The molecule has 0 amide bonds. The van der Waals surface area contributed by atoms with Crippen molar-refractivity contribution < 1.29 is 4.79 Å². The van der Waals surface area contributed by atoms with E-state index in [0.29, 0.717) is 0 Å². The molecule has 0 bridgehead atoms. The van der Waals surface area contributed by atoms with E-state index in [-0.39, 0.29) is 24.8 Å². The van der Waals surface area contributed by atoms with Gasteiger partial charge in [0.25, 0.3) is 0 Å². The lowest BCUT2D eigenvalue weighted by Gasteiger charge is -1.95. The topological polar surface area (TPSA) is 53.0 Å². The van der Waals surface area contributed by atoms with E-state index < -0.39 is 5.24 Å². The fourth-order valence-electron chi connectivity index (χ4n) is 0.202. The van der Waals surface area contributed by atoms with E-state index in [2.05, 4.69) is 5.32 Å². The average molecular weight is 171 g/mol. The summed E-state index contributed by atoms with van der Waals surface area (Å²) in [6.45, 7) is 1.58. The van der Waals surface area contributed by atoms with Crippen molar-refractivity contribution in [3.8, 4) is 0 Å². The number of hydrogen-bond acceptors (Lipinski definition) is 2. The summed E-state index contributed by atoms with van der Waals surface area (Å²) in [5.74, 6) is 0.249. The highest BCUT2D eigenvalue weighted by atomic mass is 35.5. The molecule has 0 aliphatic carbocycles. The van der Waals surface area contributed by atoms with Gasteiger partial charge >= 0.3 is 0 Å². The number of halogens is 2. The highest BCUT2D eigenvalue weighted by Gasteiger charge is 1.91. The summed E-state index contributed by atoms with van der Waals surface area (Å²) in [5.41, 5.74) is 0. The lowest BCUT2D eigenvalue weighted by atomic mass is 10.6. The van der Waals surface area contributed by atoms with Gasteiger partial charge in [0.05, 0.1) is 12.4 Å². The van der Waals surface area contributed by atoms with Crippen molar-refractivity contribution in [1.29, 1.82) is 5.41 Å². The van der Waals surface area contributed by atoms with Crippen LogP contribution in [0.25, 0.3) is 0 Å². The van der Waals surface area contributed by atoms with Crippen LogP contribution in [0.5, 0.6) is 0 Å². The van der Waals surface area contributed by atoms with Gasteiger partial charge in [-0.1, -0.05) is 0 Å². The zero-order chi connectivity index (χ0) is 6.57. The van der Waals surface area contributed by atoms with E-state index in [1.165, 1.54) is 0 Å². The SMILES string of the molecule is CC(=N)NCC(=O)Cl.Cl. The molecule has 3 nitrogen and oxygen atoms in total. The molecule has 0 aromatic heterocycles. The van der Waals surface area contributed by atoms with Crippen molar-refractivity contribution >= 4 is 35.1 Å². The molecular weight excluding hydrogens is 163 g/mol. The zero-order valence-electron chi connectivity index (χ0n) is 4.90. The maximum absolute atomic E-state index is 9.95. The van der Waals surface area contributed by atoms with Gasteiger partial charge < -0.3 is 5.32 Å². The summed E-state index contributed by atoms with van der Waals surface area (Å²) in [4.78, 5) is 9.95. The van der Waals surface area contributed by atoms with Gasteiger partial charge in [-0.05, 0) is 18.5 Å². The predicted octanol–water partition coefficient (Wildman–Crippen LogP) is 0.760. The van der Waals surface area contributed by atoms with Gasteiger partial charge in [-0.2, -0.15) is 0 Å². The Hall–Kier alpha value is -0.280. The third-order valence-electron chi connectivity index (χ3n) is 0.493. The molecule has 0 aliphatic heterocycles. The molecule has 0 rings (SSSR count). The molecule has 5 heteroatoms. The van der Waals surface area contributed by atoms with E-state index >= 15 is 0 Å². The van der Waals surface area contributed by atoms with Gasteiger partial charge in [-0.15, -0.1) is 12.4 Å². The molecule has 0 aromatic rings. The molecule has 0 aromatic carbocycles. The van der Waals surface area contributed by atoms with Gasteiger partial charge in [-0.25, -0.2) is 0 Å². The third-order valence-corrected chi connectivity index (χ3v) is 0.626. The van der Waals surface area contributed by atoms with E-state index in [4.69, 9.17) is 17.0 Å². The van der Waals surface area contributed by atoms with Gasteiger partial charge in [-0.3, -0.25) is 10.2 Å². The molecule has 54 valence electrons. The van der Waals surface area contributed by atoms with Crippen molar-refractivity contribution in [2.45, 2.75) is 6.92 Å². The normalized spacial score (nSPS) is 7.33. The molecule has 0 aliphatic rings. The summed E-state index contributed by atoms with van der Waals surface area (Å²) in [7, 11) is 0. The molecule has 0 atom stereocenters. The van der Waals surface area contributed by atoms with Gasteiger partial charge in [0.1, 0.15) is 0 Å². The molecule has 0 heterocycles. The Kier molecular flexibility index (Phi) is 7.48. The Morgan fingerprint density at radius 2 is 2.22 bits per heavy atom. The molecule has 0 fully saturated rings. The third kappa shape index (κ3) is 11.3. The van der Waals surface area contributed by atoms with Crippen LogP contribution in [0.15, 0.2) is 0 Å². The number of amidine groups is 1. The molecule has 0 saturated heterocycles. The molecule has 0 radical (unpaired) electrons. The lowest BCUT2D eigenvalue weighted by molar-refractivity contribution is -0.110. The smallest absolute Gasteiger partial charge is 0.240 e. The highest BCUT2D eigenvalue weighted by Crippen LogP contribution is 1.74. The van der Waals surface area contributed by atoms with Gasteiger partial charge in [0, 0.05) is 0 Å². The van der Waals surface area contributed by atoms with Crippen molar-refractivity contribution in [3.63, 3.8) is 0 Å². The summed E-state index contributed by atoms with van der Waals surface area (Å²) < 4.78 is 0. The summed E-state index contributed by atoms with van der Waals surface area (Å²) in [6, 6.07) is 0. The number of rotatable bonds is 2. The van der Waals surface area contributed by atoms with E-state index in [1.807, 2.05) is 0 Å². The Balaban J connectivity index is 0. The molecule has 9 heavy (non-hydrogen) atoms. The van der Waals surface area contributed by atoms with Crippen molar-refractivity contribution in [2.75, 3.05) is 6.54 Å². The van der Waals surface area contributed by atoms with Crippen LogP contribution in [0.4, 0.5) is 0 Å². The van der Waals surface area contributed by atoms with Crippen molar-refractivity contribution in [1.82, 2.24) is 5.32 Å². The van der Waals surface area contributed by atoms with E-state index in [1.54, 1.807) is 6.92 Å². The first-order valence-electron chi connectivity index (χ1n) is 2.10. The second-order valence-corrected chi connectivity index (χ2v) is 1.76. The Bertz CT molecular complexity index is 101. The summed E-state index contributed by atoms with van der Waals surface area (Å²) in [6.07, 6.45) is 0. The van der Waals surface area contributed by atoms with Crippen LogP contribution in [-0.4, -0.2) is 17.6 Å². The van der Waals surface area contributed by atoms with Crippen LogP contribution >= 0.6 is 24.0 Å². The minimum atomic E-state index is -0.475. The molecule has 2 N–H and O–H groups in total. The fourth-order valence-corrected chi connectivity index (χ4v) is 0.269. The van der Waals surface area contributed by atoms with Crippen LogP contribution in [0, 0.1) is 5.41 Å². The minimum Gasteiger partial charge on any atom is -0.366 e. The van der Waals surface area contributed by atoms with Crippen molar-refractivity contribution in [3.05, 3.63) is 0 Å². The quantitative estimate of drug-likeness (QED) is 0.366. The lowest BCUT2D eigenvalue weighted by Crippen LogP contribution is -2.23. The summed E-state index contributed by atoms with van der Waals surface area (Å²) in [5, 5.41) is 8.74. The molecule has 0 saturated carbocycles. The van der Waals surface area contributed by atoms with Crippen LogP contribution in [0.3, 0.4) is 0 Å². The maximum atomic E-state index is 9.95. The predicted molar refractivity (Wildman–Crippen MR) is 39.5 cm³/mol. The second-order valence-electron chi connectivity index (χ2n) is 1.33. The van der Waals surface area contributed by atoms with E-state index in [0.717, 1.165) is 0 Å². The second kappa shape index (κ2) is 5.85. The van der Waals surface area contributed by atoms with Crippen LogP contribution < -0.4 is 5.32 Å².